The molecule has 1 heterocycles. The van der Waals surface area contributed by atoms with Crippen LogP contribution in [0.15, 0.2) is 12.4 Å². The number of likely N-dealkylation sites (N-methyl/N-ethyl adjacent to an activating group) is 1. The summed E-state index contributed by atoms with van der Waals surface area (Å²) in [6.07, 6.45) is 1.54. The smallest absolute Gasteiger partial charge is 0.131 e. The zero-order valence-electron chi connectivity index (χ0n) is 10.8. The minimum Gasteiger partial charge on any atom is -0.369 e. The van der Waals surface area contributed by atoms with Crippen molar-refractivity contribution in [3.05, 3.63) is 12.4 Å². The van der Waals surface area contributed by atoms with Crippen LogP contribution in [0.2, 0.25) is 0 Å². The summed E-state index contributed by atoms with van der Waals surface area (Å²) in [6, 6.07) is 1.99. The maximum atomic E-state index is 5.66. The topological polar surface area (TPSA) is 79.1 Å². The van der Waals surface area contributed by atoms with Gasteiger partial charge in [0.1, 0.15) is 18.0 Å². The standard InChI is InChI=1S/C11H22N6/c1-9(12)7-14-11-6-10(15-8-16-11)13-4-5-17(2)3/h6,8-9H,4-5,7,12H2,1-3H3,(H2,13,14,15,16). The first kappa shape index (κ1) is 13.7. The molecule has 0 radical (unpaired) electrons. The van der Waals surface area contributed by atoms with Gasteiger partial charge in [-0.25, -0.2) is 9.97 Å². The second-order valence-corrected chi connectivity index (χ2v) is 4.38. The zero-order chi connectivity index (χ0) is 12.7. The average molecular weight is 238 g/mol. The zero-order valence-corrected chi connectivity index (χ0v) is 10.8. The Balaban J connectivity index is 2.42. The molecule has 17 heavy (non-hydrogen) atoms. The van der Waals surface area contributed by atoms with Gasteiger partial charge in [0, 0.05) is 31.7 Å². The van der Waals surface area contributed by atoms with Crippen molar-refractivity contribution in [1.82, 2.24) is 14.9 Å². The molecule has 1 aromatic rings. The molecule has 1 unspecified atom stereocenters. The molecule has 96 valence electrons. The second kappa shape index (κ2) is 7.03. The molecular weight excluding hydrogens is 216 g/mol. The maximum Gasteiger partial charge on any atom is 0.131 e. The fraction of sp³-hybridized carbons (Fsp3) is 0.636. The van der Waals surface area contributed by atoms with Crippen LogP contribution in [0.3, 0.4) is 0 Å². The Labute approximate surface area is 103 Å². The number of nitrogens with two attached hydrogens (primary N) is 1. The van der Waals surface area contributed by atoms with Gasteiger partial charge in [0.15, 0.2) is 0 Å². The molecule has 0 aromatic carbocycles. The Morgan fingerprint density at radius 3 is 2.53 bits per heavy atom. The van der Waals surface area contributed by atoms with Gasteiger partial charge in [-0.05, 0) is 21.0 Å². The summed E-state index contributed by atoms with van der Waals surface area (Å²) in [4.78, 5) is 10.4. The molecule has 6 nitrogen and oxygen atoms in total. The predicted molar refractivity (Wildman–Crippen MR) is 71.2 cm³/mol. The van der Waals surface area contributed by atoms with Crippen LogP contribution in [-0.2, 0) is 0 Å². The van der Waals surface area contributed by atoms with E-state index in [1.165, 1.54) is 0 Å². The summed E-state index contributed by atoms with van der Waals surface area (Å²) in [5.41, 5.74) is 5.66. The Kier molecular flexibility index (Phi) is 5.65. The monoisotopic (exact) mass is 238 g/mol. The Morgan fingerprint density at radius 1 is 1.29 bits per heavy atom. The van der Waals surface area contributed by atoms with Crippen molar-refractivity contribution in [3.8, 4) is 0 Å². The van der Waals surface area contributed by atoms with E-state index in [9.17, 15) is 0 Å². The lowest BCUT2D eigenvalue weighted by Gasteiger charge is -2.12. The van der Waals surface area contributed by atoms with E-state index in [-0.39, 0.29) is 6.04 Å². The van der Waals surface area contributed by atoms with Crippen LogP contribution in [0.5, 0.6) is 0 Å². The number of nitrogens with one attached hydrogen (secondary N) is 2. The summed E-state index contributed by atoms with van der Waals surface area (Å²) < 4.78 is 0. The van der Waals surface area contributed by atoms with Gasteiger partial charge < -0.3 is 21.3 Å². The highest BCUT2D eigenvalue weighted by Gasteiger charge is 1.99. The van der Waals surface area contributed by atoms with Crippen LogP contribution < -0.4 is 16.4 Å². The highest BCUT2D eigenvalue weighted by molar-refractivity contribution is 5.46. The van der Waals surface area contributed by atoms with Crippen molar-refractivity contribution in [3.63, 3.8) is 0 Å². The van der Waals surface area contributed by atoms with Crippen molar-refractivity contribution in [1.29, 1.82) is 0 Å². The van der Waals surface area contributed by atoms with E-state index in [1.54, 1.807) is 6.33 Å². The molecule has 0 bridgehead atoms. The maximum absolute atomic E-state index is 5.66. The molecule has 0 aliphatic carbocycles. The molecular formula is C11H22N6. The molecule has 1 atom stereocenters. The van der Waals surface area contributed by atoms with Crippen LogP contribution in [0.25, 0.3) is 0 Å². The number of nitrogens with zero attached hydrogens (tertiary/aromatic N) is 3. The van der Waals surface area contributed by atoms with Gasteiger partial charge in [-0.3, -0.25) is 0 Å². The number of hydrogen-bond donors (Lipinski definition) is 3. The fourth-order valence-electron chi connectivity index (χ4n) is 1.22. The van der Waals surface area contributed by atoms with Crippen LogP contribution >= 0.6 is 0 Å². The first-order valence-corrected chi connectivity index (χ1v) is 5.78. The largest absolute Gasteiger partial charge is 0.369 e. The number of anilines is 2. The van der Waals surface area contributed by atoms with E-state index in [0.717, 1.165) is 24.7 Å². The summed E-state index contributed by atoms with van der Waals surface area (Å²) in [5, 5.41) is 6.40. The van der Waals surface area contributed by atoms with Crippen LogP contribution in [0.1, 0.15) is 6.92 Å². The quantitative estimate of drug-likeness (QED) is 0.630. The molecule has 0 fully saturated rings. The van der Waals surface area contributed by atoms with E-state index >= 15 is 0 Å². The third-order valence-corrected chi connectivity index (χ3v) is 2.14. The summed E-state index contributed by atoms with van der Waals surface area (Å²) in [6.45, 7) is 4.47. The van der Waals surface area contributed by atoms with Gasteiger partial charge in [0.2, 0.25) is 0 Å². The summed E-state index contributed by atoms with van der Waals surface area (Å²) >= 11 is 0. The Morgan fingerprint density at radius 2 is 1.94 bits per heavy atom. The van der Waals surface area contributed by atoms with Gasteiger partial charge in [-0.15, -0.1) is 0 Å². The van der Waals surface area contributed by atoms with E-state index in [4.69, 9.17) is 5.73 Å². The van der Waals surface area contributed by atoms with Crippen molar-refractivity contribution in [2.45, 2.75) is 13.0 Å². The minimum atomic E-state index is 0.107. The van der Waals surface area contributed by atoms with Gasteiger partial charge in [0.05, 0.1) is 0 Å². The lowest BCUT2D eigenvalue weighted by Crippen LogP contribution is -2.25. The first-order valence-electron chi connectivity index (χ1n) is 5.78. The molecule has 1 rings (SSSR count). The Bertz CT molecular complexity index is 325. The molecule has 1 aromatic heterocycles. The number of hydrogen-bond acceptors (Lipinski definition) is 6. The van der Waals surface area contributed by atoms with Gasteiger partial charge in [-0.1, -0.05) is 0 Å². The van der Waals surface area contributed by atoms with Crippen LogP contribution in [0.4, 0.5) is 11.6 Å². The second-order valence-electron chi connectivity index (χ2n) is 4.38. The number of rotatable bonds is 7. The molecule has 0 aliphatic heterocycles. The van der Waals surface area contributed by atoms with Gasteiger partial charge >= 0.3 is 0 Å². The third kappa shape index (κ3) is 6.03. The van der Waals surface area contributed by atoms with E-state index in [0.29, 0.717) is 6.54 Å². The third-order valence-electron chi connectivity index (χ3n) is 2.14. The van der Waals surface area contributed by atoms with Crippen LogP contribution in [-0.4, -0.2) is 54.6 Å². The SMILES string of the molecule is CC(N)CNc1cc(NCCN(C)C)ncn1. The van der Waals surface area contributed by atoms with Gasteiger partial charge in [-0.2, -0.15) is 0 Å². The summed E-state index contributed by atoms with van der Waals surface area (Å²) in [7, 11) is 4.08. The van der Waals surface area contributed by atoms with E-state index in [1.807, 2.05) is 27.1 Å². The molecule has 6 heteroatoms. The van der Waals surface area contributed by atoms with E-state index < -0.39 is 0 Å². The van der Waals surface area contributed by atoms with Crippen molar-refractivity contribution in [2.75, 3.05) is 44.4 Å². The molecule has 0 saturated carbocycles. The molecule has 0 saturated heterocycles. The van der Waals surface area contributed by atoms with Crippen molar-refractivity contribution in [2.24, 2.45) is 5.73 Å². The fourth-order valence-corrected chi connectivity index (χ4v) is 1.22. The molecule has 0 spiro atoms. The highest BCUT2D eigenvalue weighted by atomic mass is 15.1. The summed E-state index contributed by atoms with van der Waals surface area (Å²) in [5.74, 6) is 1.62. The highest BCUT2D eigenvalue weighted by Crippen LogP contribution is 2.07. The lowest BCUT2D eigenvalue weighted by atomic mass is 10.3. The molecule has 0 amide bonds. The molecule has 4 N–H and O–H groups in total. The van der Waals surface area contributed by atoms with Crippen LogP contribution in [0, 0.1) is 0 Å². The predicted octanol–water partition coefficient (Wildman–Crippen LogP) is 0.209. The lowest BCUT2D eigenvalue weighted by molar-refractivity contribution is 0.425. The minimum absolute atomic E-state index is 0.107. The van der Waals surface area contributed by atoms with E-state index in [2.05, 4.69) is 25.5 Å². The first-order chi connectivity index (χ1) is 8.08. The normalized spacial score (nSPS) is 12.5. The number of aromatic nitrogens is 2. The molecule has 0 aliphatic rings. The van der Waals surface area contributed by atoms with Gasteiger partial charge in [0.25, 0.3) is 0 Å². The van der Waals surface area contributed by atoms with Crippen molar-refractivity contribution < 1.29 is 0 Å². The average Bonchev–Trinajstić information content (AvgIpc) is 2.26. The Hall–Kier alpha value is -1.40. The van der Waals surface area contributed by atoms with Crippen molar-refractivity contribution >= 4 is 11.6 Å².